The van der Waals surface area contributed by atoms with Crippen molar-refractivity contribution in [2.45, 2.75) is 32.3 Å². The first-order valence-electron chi connectivity index (χ1n) is 6.10. The molecular weight excluding hydrogens is 238 g/mol. The topological polar surface area (TPSA) is 56.3 Å². The summed E-state index contributed by atoms with van der Waals surface area (Å²) in [5.74, 6) is 0.809. The summed E-state index contributed by atoms with van der Waals surface area (Å²) < 4.78 is 15.8. The normalized spacial score (nSPS) is 19.2. The Bertz CT molecular complexity index is 345. The van der Waals surface area contributed by atoms with E-state index in [0.717, 1.165) is 43.6 Å². The number of ether oxygens (including phenoxy) is 2. The van der Waals surface area contributed by atoms with Crippen LogP contribution in [-0.2, 0) is 15.1 Å². The van der Waals surface area contributed by atoms with E-state index in [4.69, 9.17) is 9.47 Å². The molecule has 5 nitrogen and oxygen atoms in total. The second-order valence-electron chi connectivity index (χ2n) is 3.99. The Morgan fingerprint density at radius 2 is 2.18 bits per heavy atom. The fourth-order valence-electron chi connectivity index (χ4n) is 2.04. The molecule has 2 rings (SSSR count). The van der Waals surface area contributed by atoms with E-state index in [0.29, 0.717) is 6.61 Å². The Hall–Kier alpha value is -0.720. The van der Waals surface area contributed by atoms with E-state index in [1.807, 2.05) is 13.8 Å². The van der Waals surface area contributed by atoms with Gasteiger partial charge in [-0.15, -0.1) is 0 Å². The summed E-state index contributed by atoms with van der Waals surface area (Å²) in [7, 11) is 0. The highest BCUT2D eigenvalue weighted by atomic mass is 32.1. The van der Waals surface area contributed by atoms with Crippen LogP contribution in [0.25, 0.3) is 0 Å². The molecule has 1 N–H and O–H groups in total. The highest BCUT2D eigenvalue weighted by Crippen LogP contribution is 2.35. The maximum atomic E-state index is 5.92. The van der Waals surface area contributed by atoms with Gasteiger partial charge in [0.25, 0.3) is 0 Å². The Kier molecular flexibility index (Phi) is 4.31. The molecule has 1 aliphatic rings. The standard InChI is InChI=1S/C11H19N3O2S/c1-3-12-10-13-9(14-17-10)11(16-4-2)5-7-15-8-6-11/h3-8H2,1-2H3,(H,12,13,14). The van der Waals surface area contributed by atoms with E-state index in [9.17, 15) is 0 Å². The van der Waals surface area contributed by atoms with Gasteiger partial charge in [0.1, 0.15) is 5.60 Å². The van der Waals surface area contributed by atoms with Crippen molar-refractivity contribution < 1.29 is 9.47 Å². The van der Waals surface area contributed by atoms with Crippen LogP contribution in [0.1, 0.15) is 32.5 Å². The van der Waals surface area contributed by atoms with Crippen molar-refractivity contribution in [2.75, 3.05) is 31.7 Å². The van der Waals surface area contributed by atoms with Crippen LogP contribution in [0.2, 0.25) is 0 Å². The lowest BCUT2D eigenvalue weighted by Gasteiger charge is -2.34. The summed E-state index contributed by atoms with van der Waals surface area (Å²) in [5.41, 5.74) is -0.336. The first kappa shape index (κ1) is 12.7. The maximum Gasteiger partial charge on any atom is 0.202 e. The summed E-state index contributed by atoms with van der Waals surface area (Å²) >= 11 is 1.40. The lowest BCUT2D eigenvalue weighted by atomic mass is 9.93. The molecule has 0 aliphatic carbocycles. The lowest BCUT2D eigenvalue weighted by molar-refractivity contribution is -0.117. The minimum absolute atomic E-state index is 0.336. The van der Waals surface area contributed by atoms with Gasteiger partial charge in [-0.05, 0) is 13.8 Å². The van der Waals surface area contributed by atoms with E-state index in [-0.39, 0.29) is 5.60 Å². The molecule has 17 heavy (non-hydrogen) atoms. The zero-order valence-corrected chi connectivity index (χ0v) is 11.2. The number of hydrogen-bond donors (Lipinski definition) is 1. The van der Waals surface area contributed by atoms with E-state index in [2.05, 4.69) is 14.7 Å². The zero-order valence-electron chi connectivity index (χ0n) is 10.4. The summed E-state index contributed by atoms with van der Waals surface area (Å²) in [6.45, 7) is 7.03. The van der Waals surface area contributed by atoms with Crippen LogP contribution in [0.3, 0.4) is 0 Å². The van der Waals surface area contributed by atoms with Crippen LogP contribution in [0.5, 0.6) is 0 Å². The molecule has 0 bridgehead atoms. The van der Waals surface area contributed by atoms with Gasteiger partial charge >= 0.3 is 0 Å². The van der Waals surface area contributed by atoms with Gasteiger partial charge in [-0.2, -0.15) is 4.37 Å². The van der Waals surface area contributed by atoms with Gasteiger partial charge in [-0.3, -0.25) is 0 Å². The van der Waals surface area contributed by atoms with Crippen LogP contribution in [0.15, 0.2) is 0 Å². The summed E-state index contributed by atoms with van der Waals surface area (Å²) in [6, 6.07) is 0. The molecule has 1 saturated heterocycles. The molecule has 0 amide bonds. The molecule has 0 atom stereocenters. The number of hydrogen-bond acceptors (Lipinski definition) is 6. The van der Waals surface area contributed by atoms with Crippen LogP contribution >= 0.6 is 11.5 Å². The quantitative estimate of drug-likeness (QED) is 0.874. The van der Waals surface area contributed by atoms with Crippen molar-refractivity contribution in [1.29, 1.82) is 0 Å². The average molecular weight is 257 g/mol. The molecule has 96 valence electrons. The van der Waals surface area contributed by atoms with Gasteiger partial charge in [0.2, 0.25) is 5.13 Å². The fraction of sp³-hybridized carbons (Fsp3) is 0.818. The highest BCUT2D eigenvalue weighted by Gasteiger charge is 2.39. The minimum atomic E-state index is -0.336. The molecule has 1 fully saturated rings. The predicted molar refractivity (Wildman–Crippen MR) is 67.4 cm³/mol. The monoisotopic (exact) mass is 257 g/mol. The minimum Gasteiger partial charge on any atom is -0.381 e. The Labute approximate surface area is 106 Å². The van der Waals surface area contributed by atoms with Gasteiger partial charge in [-0.1, -0.05) is 0 Å². The number of aromatic nitrogens is 2. The van der Waals surface area contributed by atoms with Gasteiger partial charge in [0.05, 0.1) is 0 Å². The Balaban J connectivity index is 2.18. The smallest absolute Gasteiger partial charge is 0.202 e. The van der Waals surface area contributed by atoms with Crippen molar-refractivity contribution in [1.82, 2.24) is 9.36 Å². The van der Waals surface area contributed by atoms with Crippen molar-refractivity contribution >= 4 is 16.7 Å². The molecule has 1 aromatic rings. The van der Waals surface area contributed by atoms with Gasteiger partial charge in [0, 0.05) is 50.7 Å². The third-order valence-electron chi connectivity index (χ3n) is 2.88. The van der Waals surface area contributed by atoms with E-state index in [1.54, 1.807) is 0 Å². The van der Waals surface area contributed by atoms with Gasteiger partial charge in [0.15, 0.2) is 5.82 Å². The number of nitrogens with one attached hydrogen (secondary N) is 1. The molecule has 2 heterocycles. The Morgan fingerprint density at radius 3 is 2.82 bits per heavy atom. The van der Waals surface area contributed by atoms with Gasteiger partial charge < -0.3 is 14.8 Å². The third kappa shape index (κ3) is 2.75. The molecule has 1 aliphatic heterocycles. The van der Waals surface area contributed by atoms with Crippen molar-refractivity contribution in [3.05, 3.63) is 5.82 Å². The maximum absolute atomic E-state index is 5.92. The molecule has 1 aromatic heterocycles. The Morgan fingerprint density at radius 1 is 1.41 bits per heavy atom. The van der Waals surface area contributed by atoms with Crippen molar-refractivity contribution in [2.24, 2.45) is 0 Å². The summed E-state index contributed by atoms with van der Waals surface area (Å²) in [5, 5.41) is 4.05. The molecule has 0 saturated carbocycles. The van der Waals surface area contributed by atoms with Crippen LogP contribution in [-0.4, -0.2) is 35.7 Å². The number of rotatable bonds is 5. The third-order valence-corrected chi connectivity index (χ3v) is 3.56. The first-order chi connectivity index (χ1) is 8.30. The fourth-order valence-corrected chi connectivity index (χ4v) is 2.76. The van der Waals surface area contributed by atoms with Crippen molar-refractivity contribution in [3.8, 4) is 0 Å². The van der Waals surface area contributed by atoms with Gasteiger partial charge in [-0.25, -0.2) is 4.98 Å². The number of anilines is 1. The summed E-state index contributed by atoms with van der Waals surface area (Å²) in [4.78, 5) is 4.53. The second-order valence-corrected chi connectivity index (χ2v) is 4.74. The second kappa shape index (κ2) is 5.75. The number of nitrogens with zero attached hydrogens (tertiary/aromatic N) is 2. The zero-order chi connectivity index (χ0) is 12.1. The summed E-state index contributed by atoms with van der Waals surface area (Å²) in [6.07, 6.45) is 1.67. The average Bonchev–Trinajstić information content (AvgIpc) is 2.80. The predicted octanol–water partition coefficient (Wildman–Crippen LogP) is 2.01. The molecule has 0 unspecified atom stereocenters. The van der Waals surface area contributed by atoms with Crippen molar-refractivity contribution in [3.63, 3.8) is 0 Å². The van der Waals surface area contributed by atoms with Crippen LogP contribution < -0.4 is 5.32 Å². The SMILES string of the molecule is CCNc1nc(C2(OCC)CCOCC2)ns1. The van der Waals surface area contributed by atoms with E-state index >= 15 is 0 Å². The molecule has 6 heteroatoms. The largest absolute Gasteiger partial charge is 0.381 e. The molecule has 0 aromatic carbocycles. The highest BCUT2D eigenvalue weighted by molar-refractivity contribution is 7.09. The van der Waals surface area contributed by atoms with Crippen LogP contribution in [0.4, 0.5) is 5.13 Å². The lowest BCUT2D eigenvalue weighted by Crippen LogP contribution is -2.37. The van der Waals surface area contributed by atoms with E-state index in [1.165, 1.54) is 11.5 Å². The molecular formula is C11H19N3O2S. The van der Waals surface area contributed by atoms with Crippen LogP contribution in [0, 0.1) is 0 Å². The van der Waals surface area contributed by atoms with E-state index < -0.39 is 0 Å². The molecule has 0 radical (unpaired) electrons. The molecule has 0 spiro atoms. The first-order valence-corrected chi connectivity index (χ1v) is 6.88.